The number of para-hydroxylation sites is 2. The molecule has 28 heavy (non-hydrogen) atoms. The van der Waals surface area contributed by atoms with E-state index in [9.17, 15) is 18.0 Å². The molecule has 1 aliphatic heterocycles. The Hall–Kier alpha value is -2.91. The summed E-state index contributed by atoms with van der Waals surface area (Å²) in [6.45, 7) is 1.04. The van der Waals surface area contributed by atoms with Gasteiger partial charge in [-0.25, -0.2) is 18.4 Å². The third kappa shape index (κ3) is 3.34. The van der Waals surface area contributed by atoms with Crippen LogP contribution in [0, 0.1) is 0 Å². The van der Waals surface area contributed by atoms with Gasteiger partial charge < -0.3 is 9.88 Å². The second-order valence-corrected chi connectivity index (χ2v) is 8.47. The Morgan fingerprint density at radius 1 is 1.04 bits per heavy atom. The lowest BCUT2D eigenvalue weighted by molar-refractivity contribution is 0.0695. The number of nitrogens with two attached hydrogens (primary N) is 1. The molecule has 4 rings (SSSR count). The topological polar surface area (TPSA) is 118 Å². The number of fused-ring (bicyclic) bond motifs is 1. The summed E-state index contributed by atoms with van der Waals surface area (Å²) in [6.07, 6.45) is 1.34. The van der Waals surface area contributed by atoms with Gasteiger partial charge in [0.15, 0.2) is 0 Å². The van der Waals surface area contributed by atoms with Crippen molar-refractivity contribution in [1.29, 1.82) is 0 Å². The summed E-state index contributed by atoms with van der Waals surface area (Å²) in [7, 11) is -3.78. The summed E-state index contributed by atoms with van der Waals surface area (Å²) in [4.78, 5) is 29.6. The molecule has 0 spiro atoms. The average molecular weight is 400 g/mol. The highest BCUT2D eigenvalue weighted by atomic mass is 32.2. The summed E-state index contributed by atoms with van der Waals surface area (Å²) < 4.78 is 24.4. The first kappa shape index (κ1) is 18.5. The van der Waals surface area contributed by atoms with E-state index < -0.39 is 10.0 Å². The van der Waals surface area contributed by atoms with Crippen LogP contribution in [0.4, 0.5) is 0 Å². The van der Waals surface area contributed by atoms with E-state index in [1.807, 2.05) is 24.3 Å². The van der Waals surface area contributed by atoms with Gasteiger partial charge in [0.2, 0.25) is 10.0 Å². The quantitative estimate of drug-likeness (QED) is 0.692. The molecule has 0 radical (unpaired) electrons. The fourth-order valence-corrected chi connectivity index (χ4v) is 4.25. The number of H-pyrrole nitrogens is 1. The molecular weight excluding hydrogens is 380 g/mol. The molecule has 1 aromatic heterocycles. The molecule has 2 heterocycles. The van der Waals surface area contributed by atoms with Crippen LogP contribution < -0.4 is 10.8 Å². The molecule has 3 aromatic rings. The monoisotopic (exact) mass is 400 g/mol. The number of primary sulfonamides is 1. The number of carbonyl (C=O) groups excluding carboxylic acids is 1. The van der Waals surface area contributed by atoms with Gasteiger partial charge in [0.1, 0.15) is 0 Å². The number of aromatic amines is 1. The molecule has 0 bridgehead atoms. The van der Waals surface area contributed by atoms with Crippen molar-refractivity contribution in [3.05, 3.63) is 64.6 Å². The number of hydrogen-bond acceptors (Lipinski definition) is 4. The average Bonchev–Trinajstić information content (AvgIpc) is 3.02. The van der Waals surface area contributed by atoms with Gasteiger partial charge in [0.25, 0.3) is 5.91 Å². The Balaban J connectivity index is 1.49. The number of imidazole rings is 1. The zero-order valence-corrected chi connectivity index (χ0v) is 15.9. The van der Waals surface area contributed by atoms with Crippen LogP contribution in [0.15, 0.2) is 58.2 Å². The van der Waals surface area contributed by atoms with Gasteiger partial charge in [-0.2, -0.15) is 0 Å². The van der Waals surface area contributed by atoms with Gasteiger partial charge in [-0.1, -0.05) is 12.1 Å². The number of carbonyl (C=O) groups is 1. The SMILES string of the molecule is NS(=O)(=O)c1ccc(C(=O)N2CCC(n3c(=O)[nH]c4ccccc43)CC2)cc1. The van der Waals surface area contributed by atoms with Crippen molar-refractivity contribution in [3.63, 3.8) is 0 Å². The first-order chi connectivity index (χ1) is 13.3. The largest absolute Gasteiger partial charge is 0.338 e. The Morgan fingerprint density at radius 3 is 2.32 bits per heavy atom. The van der Waals surface area contributed by atoms with Crippen molar-refractivity contribution in [3.8, 4) is 0 Å². The van der Waals surface area contributed by atoms with E-state index in [1.54, 1.807) is 9.47 Å². The summed E-state index contributed by atoms with van der Waals surface area (Å²) in [5.41, 5.74) is 1.96. The zero-order chi connectivity index (χ0) is 19.9. The highest BCUT2D eigenvalue weighted by molar-refractivity contribution is 7.89. The Morgan fingerprint density at radius 2 is 1.68 bits per heavy atom. The fourth-order valence-electron chi connectivity index (χ4n) is 3.73. The van der Waals surface area contributed by atoms with Crippen molar-refractivity contribution in [2.24, 2.45) is 5.14 Å². The minimum absolute atomic E-state index is 0.0254. The van der Waals surface area contributed by atoms with Crippen LogP contribution in [0.2, 0.25) is 0 Å². The number of piperidine rings is 1. The number of rotatable bonds is 3. The molecule has 146 valence electrons. The van der Waals surface area contributed by atoms with E-state index in [2.05, 4.69) is 4.98 Å². The number of hydrogen-bond donors (Lipinski definition) is 2. The maximum Gasteiger partial charge on any atom is 0.326 e. The second-order valence-electron chi connectivity index (χ2n) is 6.91. The normalized spacial score (nSPS) is 15.8. The lowest BCUT2D eigenvalue weighted by Gasteiger charge is -2.32. The summed E-state index contributed by atoms with van der Waals surface area (Å²) in [6, 6.07) is 13.2. The van der Waals surface area contributed by atoms with Crippen LogP contribution in [-0.4, -0.2) is 41.9 Å². The molecule has 1 amide bonds. The number of amides is 1. The molecule has 3 N–H and O–H groups in total. The molecule has 8 nitrogen and oxygen atoms in total. The highest BCUT2D eigenvalue weighted by Gasteiger charge is 2.26. The van der Waals surface area contributed by atoms with Crippen molar-refractivity contribution in [2.75, 3.05) is 13.1 Å². The van der Waals surface area contributed by atoms with Crippen LogP contribution >= 0.6 is 0 Å². The molecule has 1 aliphatic rings. The summed E-state index contributed by atoms with van der Waals surface area (Å²) in [5, 5.41) is 5.09. The number of benzene rings is 2. The zero-order valence-electron chi connectivity index (χ0n) is 15.0. The molecule has 0 aliphatic carbocycles. The maximum atomic E-state index is 12.7. The van der Waals surface area contributed by atoms with Crippen molar-refractivity contribution in [1.82, 2.24) is 14.5 Å². The van der Waals surface area contributed by atoms with Crippen LogP contribution in [0.1, 0.15) is 29.2 Å². The van der Waals surface area contributed by atoms with E-state index in [4.69, 9.17) is 5.14 Å². The lowest BCUT2D eigenvalue weighted by atomic mass is 10.0. The number of aromatic nitrogens is 2. The van der Waals surface area contributed by atoms with Crippen molar-refractivity contribution < 1.29 is 13.2 Å². The van der Waals surface area contributed by atoms with E-state index in [0.717, 1.165) is 11.0 Å². The second kappa shape index (κ2) is 6.92. The molecular formula is C19H20N4O4S. The van der Waals surface area contributed by atoms with E-state index in [-0.39, 0.29) is 22.5 Å². The molecule has 0 atom stereocenters. The van der Waals surface area contributed by atoms with Gasteiger partial charge >= 0.3 is 5.69 Å². The summed E-state index contributed by atoms with van der Waals surface area (Å²) in [5.74, 6) is -0.161. The Bertz CT molecular complexity index is 1190. The standard InChI is InChI=1S/C19H20N4O4S/c20-28(26,27)15-7-5-13(6-8-15)18(24)22-11-9-14(10-12-22)23-17-4-2-1-3-16(17)21-19(23)25/h1-8,14H,9-12H2,(H,21,25)(H2,20,26,27). The van der Waals surface area contributed by atoms with Gasteiger partial charge in [-0.05, 0) is 49.2 Å². The van der Waals surface area contributed by atoms with Crippen LogP contribution in [0.3, 0.4) is 0 Å². The molecule has 2 aromatic carbocycles. The third-order valence-electron chi connectivity index (χ3n) is 5.17. The molecule has 0 unspecified atom stereocenters. The molecule has 9 heteroatoms. The minimum atomic E-state index is -3.78. The van der Waals surface area contributed by atoms with E-state index in [1.165, 1.54) is 24.3 Å². The summed E-state index contributed by atoms with van der Waals surface area (Å²) >= 11 is 0. The Kier molecular flexibility index (Phi) is 4.56. The van der Waals surface area contributed by atoms with Gasteiger partial charge in [0.05, 0.1) is 15.9 Å². The molecule has 1 fully saturated rings. The smallest absolute Gasteiger partial charge is 0.326 e. The lowest BCUT2D eigenvalue weighted by Crippen LogP contribution is -2.40. The van der Waals surface area contributed by atoms with Crippen molar-refractivity contribution in [2.45, 2.75) is 23.8 Å². The first-order valence-corrected chi connectivity index (χ1v) is 10.5. The van der Waals surface area contributed by atoms with Crippen LogP contribution in [-0.2, 0) is 10.0 Å². The van der Waals surface area contributed by atoms with E-state index >= 15 is 0 Å². The number of sulfonamides is 1. The van der Waals surface area contributed by atoms with Crippen LogP contribution in [0.25, 0.3) is 11.0 Å². The third-order valence-corrected chi connectivity index (χ3v) is 6.10. The predicted molar refractivity (Wildman–Crippen MR) is 105 cm³/mol. The van der Waals surface area contributed by atoms with Gasteiger partial charge in [-0.15, -0.1) is 0 Å². The number of nitrogens with zero attached hydrogens (tertiary/aromatic N) is 2. The maximum absolute atomic E-state index is 12.7. The first-order valence-electron chi connectivity index (χ1n) is 8.96. The molecule has 1 saturated heterocycles. The van der Waals surface area contributed by atoms with Crippen LogP contribution in [0.5, 0.6) is 0 Å². The van der Waals surface area contributed by atoms with Crippen molar-refractivity contribution >= 4 is 27.0 Å². The van der Waals surface area contributed by atoms with E-state index in [0.29, 0.717) is 31.5 Å². The minimum Gasteiger partial charge on any atom is -0.338 e. The molecule has 0 saturated carbocycles. The predicted octanol–water partition coefficient (Wildman–Crippen LogP) is 1.45. The highest BCUT2D eigenvalue weighted by Crippen LogP contribution is 2.25. The van der Waals surface area contributed by atoms with Gasteiger partial charge in [0, 0.05) is 24.7 Å². The Labute approximate surface area is 161 Å². The van der Waals surface area contributed by atoms with Gasteiger partial charge in [-0.3, -0.25) is 9.36 Å². The fraction of sp³-hybridized carbons (Fsp3) is 0.263. The number of nitrogens with one attached hydrogen (secondary N) is 1. The number of likely N-dealkylation sites (tertiary alicyclic amines) is 1.